The van der Waals surface area contributed by atoms with Crippen LogP contribution in [0.25, 0.3) is 0 Å². The van der Waals surface area contributed by atoms with E-state index in [1.54, 1.807) is 30.1 Å². The maximum Gasteiger partial charge on any atom is 0.267 e. The molecule has 0 saturated heterocycles. The first-order valence-corrected chi connectivity index (χ1v) is 13.6. The zero-order chi connectivity index (χ0) is 30.8. The molecule has 43 heavy (non-hydrogen) atoms. The van der Waals surface area contributed by atoms with E-state index < -0.39 is 11.4 Å². The number of nitrogens with zero attached hydrogens (tertiary/aromatic N) is 2. The summed E-state index contributed by atoms with van der Waals surface area (Å²) in [7, 11) is 1.75. The molecule has 0 fully saturated rings. The summed E-state index contributed by atoms with van der Waals surface area (Å²) in [6, 6.07) is 24.5. The van der Waals surface area contributed by atoms with Gasteiger partial charge in [-0.2, -0.15) is 0 Å². The number of ether oxygens (including phenoxy) is 2. The maximum absolute atomic E-state index is 13.0. The van der Waals surface area contributed by atoms with Crippen molar-refractivity contribution >= 4 is 17.5 Å². The summed E-state index contributed by atoms with van der Waals surface area (Å²) in [6.45, 7) is 4.97. The Labute approximate surface area is 250 Å². The number of fused-ring (bicyclic) bond motifs is 1. The fourth-order valence-corrected chi connectivity index (χ4v) is 3.96. The number of hydrogen-bond acceptors (Lipinski definition) is 6. The van der Waals surface area contributed by atoms with Crippen LogP contribution in [0.4, 0.5) is 10.1 Å². The van der Waals surface area contributed by atoms with E-state index in [-0.39, 0.29) is 17.4 Å². The van der Waals surface area contributed by atoms with Gasteiger partial charge in [0.25, 0.3) is 5.91 Å². The molecule has 0 aliphatic carbocycles. The molecule has 2 heterocycles. The third-order valence-corrected chi connectivity index (χ3v) is 6.40. The number of carbonyl (C=O) groups is 2. The van der Waals surface area contributed by atoms with E-state index in [0.717, 1.165) is 16.8 Å². The number of amides is 2. The fourth-order valence-electron chi connectivity index (χ4n) is 3.96. The average molecular weight is 581 g/mol. The van der Waals surface area contributed by atoms with Gasteiger partial charge in [-0.15, -0.1) is 0 Å². The Morgan fingerprint density at radius 2 is 1.81 bits per heavy atom. The second-order valence-electron chi connectivity index (χ2n) is 10.2. The Bertz CT molecular complexity index is 1630. The smallest absolute Gasteiger partial charge is 0.267 e. The van der Waals surface area contributed by atoms with Crippen LogP contribution in [0.3, 0.4) is 0 Å². The summed E-state index contributed by atoms with van der Waals surface area (Å²) in [5.41, 5.74) is 7.42. The van der Waals surface area contributed by atoms with E-state index in [4.69, 9.17) is 15.2 Å². The van der Waals surface area contributed by atoms with Crippen molar-refractivity contribution in [3.8, 4) is 29.1 Å². The lowest BCUT2D eigenvalue weighted by molar-refractivity contribution is -0.118. The van der Waals surface area contributed by atoms with Crippen LogP contribution < -0.4 is 25.4 Å². The molecule has 9 heteroatoms. The molecular weight excluding hydrogens is 547 g/mol. The first-order chi connectivity index (χ1) is 20.6. The Kier molecular flexibility index (Phi) is 10.1. The maximum atomic E-state index is 13.0. The molecule has 1 aliphatic rings. The van der Waals surface area contributed by atoms with E-state index in [0.29, 0.717) is 36.8 Å². The molecule has 0 saturated carbocycles. The van der Waals surface area contributed by atoms with Gasteiger partial charge in [-0.1, -0.05) is 42.2 Å². The van der Waals surface area contributed by atoms with Crippen molar-refractivity contribution in [3.05, 3.63) is 114 Å². The van der Waals surface area contributed by atoms with Gasteiger partial charge >= 0.3 is 0 Å². The van der Waals surface area contributed by atoms with Crippen LogP contribution in [0.2, 0.25) is 0 Å². The molecule has 0 unspecified atom stereocenters. The number of pyridine rings is 1. The van der Waals surface area contributed by atoms with E-state index in [2.05, 4.69) is 22.1 Å². The number of hydrogen-bond donors (Lipinski definition) is 2. The van der Waals surface area contributed by atoms with Crippen LogP contribution in [-0.4, -0.2) is 36.0 Å². The van der Waals surface area contributed by atoms with Gasteiger partial charge in [0.15, 0.2) is 0 Å². The minimum absolute atomic E-state index is 0.0279. The highest BCUT2D eigenvalue weighted by molar-refractivity contribution is 5.95. The number of nitrogens with two attached hydrogens (primary N) is 1. The first kappa shape index (κ1) is 30.8. The van der Waals surface area contributed by atoms with Gasteiger partial charge in [-0.05, 0) is 67.9 Å². The quantitative estimate of drug-likeness (QED) is 0.293. The lowest BCUT2D eigenvalue weighted by Crippen LogP contribution is -2.37. The van der Waals surface area contributed by atoms with Crippen LogP contribution in [0.15, 0.2) is 91.1 Å². The van der Waals surface area contributed by atoms with Gasteiger partial charge in [0.1, 0.15) is 28.8 Å². The predicted octanol–water partition coefficient (Wildman–Crippen LogP) is 5.46. The molecule has 0 spiro atoms. The van der Waals surface area contributed by atoms with Crippen molar-refractivity contribution in [2.45, 2.75) is 32.4 Å². The zero-order valence-corrected chi connectivity index (χ0v) is 24.3. The summed E-state index contributed by atoms with van der Waals surface area (Å²) >= 11 is 0. The van der Waals surface area contributed by atoms with Crippen LogP contribution in [0.5, 0.6) is 17.2 Å². The minimum Gasteiger partial charge on any atom is -0.491 e. The number of aromatic nitrogens is 1. The van der Waals surface area contributed by atoms with Crippen LogP contribution in [0.1, 0.15) is 41.9 Å². The highest BCUT2D eigenvalue weighted by atomic mass is 19.1. The van der Waals surface area contributed by atoms with Gasteiger partial charge in [-0.25, -0.2) is 4.39 Å². The Balaban J connectivity index is 0.000000225. The highest BCUT2D eigenvalue weighted by Crippen LogP contribution is 2.31. The van der Waals surface area contributed by atoms with Crippen molar-refractivity contribution in [3.63, 3.8) is 0 Å². The number of halogens is 1. The first-order valence-electron chi connectivity index (χ1n) is 13.6. The monoisotopic (exact) mass is 580 g/mol. The van der Waals surface area contributed by atoms with Crippen molar-refractivity contribution in [1.29, 1.82) is 0 Å². The third kappa shape index (κ3) is 9.15. The van der Waals surface area contributed by atoms with Crippen LogP contribution >= 0.6 is 0 Å². The molecule has 0 bridgehead atoms. The van der Waals surface area contributed by atoms with E-state index in [9.17, 15) is 14.0 Å². The number of benzene rings is 3. The standard InChI is InChI=1S/C22H23FN2O2.C12H10N2O2/c1-22(2,24-15-17-4-7-18(23)8-5-17)12-10-16-6-9-20-19(14-16)25(3)21(26)11-13-27-20;13-12(15)11-8-10(6-7-14-11)16-9-4-2-1-3-5-9/h4-9,14,24H,11,13,15H2,1-3H3;1-8H,(H2,13,15). The van der Waals surface area contributed by atoms with E-state index >= 15 is 0 Å². The normalized spacial score (nSPS) is 12.4. The topological polar surface area (TPSA) is 107 Å². The molecule has 8 nitrogen and oxygen atoms in total. The van der Waals surface area contributed by atoms with Gasteiger partial charge in [-0.3, -0.25) is 19.9 Å². The minimum atomic E-state index is -0.571. The molecule has 3 N–H and O–H groups in total. The predicted molar refractivity (Wildman–Crippen MR) is 163 cm³/mol. The Morgan fingerprint density at radius 1 is 1.07 bits per heavy atom. The number of primary amides is 1. The second-order valence-corrected chi connectivity index (χ2v) is 10.2. The molecule has 1 aliphatic heterocycles. The van der Waals surface area contributed by atoms with Gasteiger partial charge < -0.3 is 20.1 Å². The van der Waals surface area contributed by atoms with Gasteiger partial charge in [0, 0.05) is 31.4 Å². The van der Waals surface area contributed by atoms with Crippen LogP contribution in [0, 0.1) is 17.7 Å². The van der Waals surface area contributed by atoms with Crippen LogP contribution in [-0.2, 0) is 11.3 Å². The summed E-state index contributed by atoms with van der Waals surface area (Å²) in [6.07, 6.45) is 1.85. The lowest BCUT2D eigenvalue weighted by atomic mass is 10.0. The molecule has 3 aromatic carbocycles. The molecule has 0 atom stereocenters. The number of rotatable bonds is 6. The number of para-hydroxylation sites is 1. The molecule has 4 aromatic rings. The number of nitrogens with one attached hydrogen (secondary N) is 1. The molecule has 2 amide bonds. The SMILES string of the molecule is CN1C(=O)CCOc2ccc(C#CC(C)(C)NCc3ccc(F)cc3)cc21.NC(=O)c1cc(Oc2ccccc2)ccn1. The fraction of sp³-hybridized carbons (Fsp3) is 0.206. The molecular formula is C34H33FN4O4. The van der Waals surface area contributed by atoms with Crippen molar-refractivity contribution in [2.24, 2.45) is 5.73 Å². The summed E-state index contributed by atoms with van der Waals surface area (Å²) in [4.78, 5) is 28.4. The van der Waals surface area contributed by atoms with Crippen molar-refractivity contribution in [1.82, 2.24) is 10.3 Å². The molecule has 0 radical (unpaired) electrons. The van der Waals surface area contributed by atoms with E-state index in [1.165, 1.54) is 24.4 Å². The molecule has 220 valence electrons. The van der Waals surface area contributed by atoms with Crippen molar-refractivity contribution in [2.75, 3.05) is 18.6 Å². The summed E-state index contributed by atoms with van der Waals surface area (Å²) in [5, 5.41) is 3.37. The van der Waals surface area contributed by atoms with Gasteiger partial charge in [0.2, 0.25) is 5.91 Å². The third-order valence-electron chi connectivity index (χ3n) is 6.40. The lowest BCUT2D eigenvalue weighted by Gasteiger charge is -2.20. The number of carbonyl (C=O) groups excluding carboxylic acids is 2. The summed E-state index contributed by atoms with van der Waals surface area (Å²) < 4.78 is 24.1. The number of anilines is 1. The van der Waals surface area contributed by atoms with Crippen molar-refractivity contribution < 1.29 is 23.5 Å². The van der Waals surface area contributed by atoms with Gasteiger partial charge in [0.05, 0.1) is 24.3 Å². The average Bonchev–Trinajstić information content (AvgIpc) is 3.14. The second kappa shape index (κ2) is 14.1. The zero-order valence-electron chi connectivity index (χ0n) is 24.3. The summed E-state index contributed by atoms with van der Waals surface area (Å²) in [5.74, 6) is 7.54. The molecule has 1 aromatic heterocycles. The largest absolute Gasteiger partial charge is 0.491 e. The Hall–Kier alpha value is -5.20. The highest BCUT2D eigenvalue weighted by Gasteiger charge is 2.20. The Morgan fingerprint density at radius 3 is 2.53 bits per heavy atom. The van der Waals surface area contributed by atoms with E-state index in [1.807, 2.05) is 62.4 Å². The molecule has 5 rings (SSSR count).